The summed E-state index contributed by atoms with van der Waals surface area (Å²) in [5.74, 6) is 0.847. The predicted molar refractivity (Wildman–Crippen MR) is 85.2 cm³/mol. The van der Waals surface area contributed by atoms with Crippen LogP contribution in [0.5, 0.6) is 5.75 Å². The van der Waals surface area contributed by atoms with E-state index in [2.05, 4.69) is 20.4 Å². The normalized spacial score (nSPS) is 18.5. The molecule has 1 fully saturated rings. The van der Waals surface area contributed by atoms with Crippen molar-refractivity contribution in [3.63, 3.8) is 0 Å². The molecule has 1 aromatic carbocycles. The van der Waals surface area contributed by atoms with Gasteiger partial charge in [0, 0.05) is 26.7 Å². The van der Waals surface area contributed by atoms with Crippen molar-refractivity contribution in [3.05, 3.63) is 29.8 Å². The highest BCUT2D eigenvalue weighted by atomic mass is 19.4. The standard InChI is InChI=1S/C16H22F3N3O2/c1-20-15(22-10-14-3-2-8-23-14)21-9-12-4-6-13(7-5-12)24-11-16(17,18)19/h4-7,14H,2-3,8-11H2,1H3,(H2,20,21,22). The third-order valence-corrected chi connectivity index (χ3v) is 3.53. The third kappa shape index (κ3) is 6.66. The molecule has 5 nitrogen and oxygen atoms in total. The number of nitrogens with one attached hydrogen (secondary N) is 2. The van der Waals surface area contributed by atoms with Gasteiger partial charge in [0.2, 0.25) is 0 Å². The lowest BCUT2D eigenvalue weighted by atomic mass is 10.2. The van der Waals surface area contributed by atoms with Gasteiger partial charge in [0.05, 0.1) is 6.10 Å². The molecule has 8 heteroatoms. The van der Waals surface area contributed by atoms with Crippen LogP contribution in [0.1, 0.15) is 18.4 Å². The highest BCUT2D eigenvalue weighted by molar-refractivity contribution is 5.79. The van der Waals surface area contributed by atoms with E-state index >= 15 is 0 Å². The van der Waals surface area contributed by atoms with E-state index in [9.17, 15) is 13.2 Å². The fraction of sp³-hybridized carbons (Fsp3) is 0.562. The van der Waals surface area contributed by atoms with Crippen molar-refractivity contribution >= 4 is 5.96 Å². The van der Waals surface area contributed by atoms with Gasteiger partial charge in [-0.1, -0.05) is 12.1 Å². The molecule has 2 rings (SSSR count). The van der Waals surface area contributed by atoms with Crippen LogP contribution in [-0.2, 0) is 11.3 Å². The molecular formula is C16H22F3N3O2. The first-order valence-corrected chi connectivity index (χ1v) is 7.81. The van der Waals surface area contributed by atoms with Crippen molar-refractivity contribution < 1.29 is 22.6 Å². The van der Waals surface area contributed by atoms with Gasteiger partial charge in [0.1, 0.15) is 5.75 Å². The van der Waals surface area contributed by atoms with E-state index in [1.165, 1.54) is 12.1 Å². The summed E-state index contributed by atoms with van der Waals surface area (Å²) < 4.78 is 46.5. The quantitative estimate of drug-likeness (QED) is 0.614. The Morgan fingerprint density at radius 3 is 2.62 bits per heavy atom. The van der Waals surface area contributed by atoms with Crippen LogP contribution in [0.15, 0.2) is 29.3 Å². The zero-order valence-corrected chi connectivity index (χ0v) is 13.5. The number of halogens is 3. The van der Waals surface area contributed by atoms with Crippen molar-refractivity contribution in [2.75, 3.05) is 26.8 Å². The third-order valence-electron chi connectivity index (χ3n) is 3.53. The first-order chi connectivity index (χ1) is 11.5. The van der Waals surface area contributed by atoms with Crippen molar-refractivity contribution in [1.29, 1.82) is 0 Å². The minimum atomic E-state index is -4.33. The Morgan fingerprint density at radius 1 is 1.29 bits per heavy atom. The molecule has 1 atom stereocenters. The number of benzene rings is 1. The second kappa shape index (κ2) is 8.77. The molecule has 0 amide bonds. The Bertz CT molecular complexity index is 526. The fourth-order valence-corrected chi connectivity index (χ4v) is 2.29. The van der Waals surface area contributed by atoms with Gasteiger partial charge >= 0.3 is 6.18 Å². The molecule has 134 valence electrons. The maximum atomic E-state index is 12.1. The van der Waals surface area contributed by atoms with E-state index < -0.39 is 12.8 Å². The first kappa shape index (κ1) is 18.4. The van der Waals surface area contributed by atoms with Gasteiger partial charge in [-0.25, -0.2) is 0 Å². The average Bonchev–Trinajstić information content (AvgIpc) is 3.07. The van der Waals surface area contributed by atoms with Gasteiger partial charge in [0.15, 0.2) is 12.6 Å². The number of hydrogen-bond donors (Lipinski definition) is 2. The van der Waals surface area contributed by atoms with Crippen LogP contribution in [0, 0.1) is 0 Å². The molecule has 1 aliphatic heterocycles. The van der Waals surface area contributed by atoms with Gasteiger partial charge in [-0.15, -0.1) is 0 Å². The Kier molecular flexibility index (Phi) is 6.72. The lowest BCUT2D eigenvalue weighted by molar-refractivity contribution is -0.153. The van der Waals surface area contributed by atoms with Gasteiger partial charge < -0.3 is 20.1 Å². The van der Waals surface area contributed by atoms with Gasteiger partial charge in [-0.2, -0.15) is 13.2 Å². The molecule has 24 heavy (non-hydrogen) atoms. The number of rotatable bonds is 6. The highest BCUT2D eigenvalue weighted by Crippen LogP contribution is 2.18. The minimum Gasteiger partial charge on any atom is -0.484 e. The van der Waals surface area contributed by atoms with E-state index in [4.69, 9.17) is 4.74 Å². The molecule has 0 spiro atoms. The average molecular weight is 345 g/mol. The number of ether oxygens (including phenoxy) is 2. The minimum absolute atomic E-state index is 0.192. The molecule has 0 radical (unpaired) electrons. The summed E-state index contributed by atoms with van der Waals surface area (Å²) in [6, 6.07) is 6.47. The highest BCUT2D eigenvalue weighted by Gasteiger charge is 2.28. The summed E-state index contributed by atoms with van der Waals surface area (Å²) in [4.78, 5) is 4.13. The summed E-state index contributed by atoms with van der Waals surface area (Å²) in [6.45, 7) is 0.722. The van der Waals surface area contributed by atoms with E-state index in [0.29, 0.717) is 19.0 Å². The smallest absolute Gasteiger partial charge is 0.422 e. The fourth-order valence-electron chi connectivity index (χ4n) is 2.29. The molecule has 2 N–H and O–H groups in total. The van der Waals surface area contributed by atoms with E-state index in [0.717, 1.165) is 25.0 Å². The summed E-state index contributed by atoms with van der Waals surface area (Å²) >= 11 is 0. The molecular weight excluding hydrogens is 323 g/mol. The van der Waals surface area contributed by atoms with Crippen LogP contribution < -0.4 is 15.4 Å². The number of hydrogen-bond acceptors (Lipinski definition) is 3. The largest absolute Gasteiger partial charge is 0.484 e. The molecule has 0 aromatic heterocycles. The van der Waals surface area contributed by atoms with Crippen molar-refractivity contribution in [3.8, 4) is 5.75 Å². The monoisotopic (exact) mass is 345 g/mol. The van der Waals surface area contributed by atoms with Crippen LogP contribution in [0.2, 0.25) is 0 Å². The zero-order chi connectivity index (χ0) is 17.4. The molecule has 0 saturated carbocycles. The first-order valence-electron chi connectivity index (χ1n) is 7.81. The Balaban J connectivity index is 1.73. The van der Waals surface area contributed by atoms with Crippen LogP contribution in [0.4, 0.5) is 13.2 Å². The Morgan fingerprint density at radius 2 is 2.04 bits per heavy atom. The van der Waals surface area contributed by atoms with Crippen LogP contribution in [0.25, 0.3) is 0 Å². The van der Waals surface area contributed by atoms with Crippen LogP contribution in [-0.4, -0.2) is 45.0 Å². The summed E-state index contributed by atoms with van der Waals surface area (Å²) in [5, 5.41) is 6.34. The molecule has 1 unspecified atom stereocenters. The molecule has 1 aromatic rings. The van der Waals surface area contributed by atoms with E-state index in [1.807, 2.05) is 0 Å². The lowest BCUT2D eigenvalue weighted by Gasteiger charge is -2.15. The van der Waals surface area contributed by atoms with Crippen molar-refractivity contribution in [2.24, 2.45) is 4.99 Å². The van der Waals surface area contributed by atoms with Gasteiger partial charge in [0.25, 0.3) is 0 Å². The summed E-state index contributed by atoms with van der Waals surface area (Å²) in [7, 11) is 1.68. The maximum absolute atomic E-state index is 12.1. The SMILES string of the molecule is CN=C(NCc1ccc(OCC(F)(F)F)cc1)NCC1CCCO1. The topological polar surface area (TPSA) is 54.9 Å². The molecule has 0 bridgehead atoms. The molecule has 1 saturated heterocycles. The number of aliphatic imine (C=N–C) groups is 1. The van der Waals surface area contributed by atoms with E-state index in [1.54, 1.807) is 19.2 Å². The Hall–Kier alpha value is -1.96. The Labute approximate surface area is 139 Å². The predicted octanol–water partition coefficient (Wildman–Crippen LogP) is 2.47. The second-order valence-electron chi connectivity index (χ2n) is 5.49. The molecule has 0 aliphatic carbocycles. The van der Waals surface area contributed by atoms with E-state index in [-0.39, 0.29) is 11.9 Å². The lowest BCUT2D eigenvalue weighted by Crippen LogP contribution is -2.40. The number of alkyl halides is 3. The van der Waals surface area contributed by atoms with Gasteiger partial charge in [-0.05, 0) is 30.5 Å². The zero-order valence-electron chi connectivity index (χ0n) is 13.5. The van der Waals surface area contributed by atoms with Gasteiger partial charge in [-0.3, -0.25) is 4.99 Å². The maximum Gasteiger partial charge on any atom is 0.422 e. The number of guanidine groups is 1. The van der Waals surface area contributed by atoms with Crippen molar-refractivity contribution in [2.45, 2.75) is 31.7 Å². The second-order valence-corrected chi connectivity index (χ2v) is 5.49. The molecule has 1 heterocycles. The molecule has 1 aliphatic rings. The van der Waals surface area contributed by atoms with Crippen molar-refractivity contribution in [1.82, 2.24) is 10.6 Å². The van der Waals surface area contributed by atoms with Crippen LogP contribution in [0.3, 0.4) is 0 Å². The van der Waals surface area contributed by atoms with Crippen LogP contribution >= 0.6 is 0 Å². The number of nitrogens with zero attached hydrogens (tertiary/aromatic N) is 1. The summed E-state index contributed by atoms with van der Waals surface area (Å²) in [6.07, 6.45) is -1.99. The summed E-state index contributed by atoms with van der Waals surface area (Å²) in [5.41, 5.74) is 0.912.